The maximum atomic E-state index is 6.17. The van der Waals surface area contributed by atoms with E-state index in [1.165, 1.54) is 5.56 Å². The van der Waals surface area contributed by atoms with E-state index in [0.717, 1.165) is 18.6 Å². The minimum Gasteiger partial charge on any atom is -0.416 e. The van der Waals surface area contributed by atoms with Gasteiger partial charge in [0.1, 0.15) is 0 Å². The predicted molar refractivity (Wildman–Crippen MR) is 81.2 cm³/mol. The van der Waals surface area contributed by atoms with Crippen molar-refractivity contribution in [2.75, 3.05) is 6.61 Å². The molecule has 0 spiro atoms. The molecule has 1 aromatic carbocycles. The van der Waals surface area contributed by atoms with Crippen molar-refractivity contribution in [3.8, 4) is 12.3 Å². The Hall–Kier alpha value is -1.04. The fourth-order valence-electron chi connectivity index (χ4n) is 1.51. The summed E-state index contributed by atoms with van der Waals surface area (Å²) in [6.45, 7) is 12.1. The van der Waals surface area contributed by atoms with E-state index in [9.17, 15) is 0 Å². The lowest BCUT2D eigenvalue weighted by atomic mass is 10.1. The molecule has 0 radical (unpaired) electrons. The van der Waals surface area contributed by atoms with Crippen molar-refractivity contribution < 1.29 is 4.43 Å². The van der Waals surface area contributed by atoms with E-state index in [1.54, 1.807) is 0 Å². The molecule has 0 aliphatic carbocycles. The molecule has 0 atom stereocenters. The first-order chi connectivity index (χ1) is 8.28. The molecule has 0 amide bonds. The summed E-state index contributed by atoms with van der Waals surface area (Å²) in [7, 11) is -1.64. The quantitative estimate of drug-likeness (QED) is 0.581. The van der Waals surface area contributed by atoms with Gasteiger partial charge in [0.2, 0.25) is 0 Å². The Labute approximate surface area is 113 Å². The van der Waals surface area contributed by atoms with Gasteiger partial charge >= 0.3 is 0 Å². The topological polar surface area (TPSA) is 9.23 Å². The SMILES string of the molecule is C#Cc1ccccc1CCO[Si](C)(C)C(C)(C)C. The Bertz CT molecular complexity index is 435. The van der Waals surface area contributed by atoms with Gasteiger partial charge in [-0.2, -0.15) is 0 Å². The van der Waals surface area contributed by atoms with Gasteiger partial charge in [0.25, 0.3) is 0 Å². The van der Waals surface area contributed by atoms with Gasteiger partial charge in [-0.3, -0.25) is 0 Å². The third kappa shape index (κ3) is 3.73. The summed E-state index contributed by atoms with van der Waals surface area (Å²) in [6.07, 6.45) is 6.39. The summed E-state index contributed by atoms with van der Waals surface area (Å²) < 4.78 is 6.17. The monoisotopic (exact) mass is 260 g/mol. The van der Waals surface area contributed by atoms with Crippen LogP contribution in [-0.4, -0.2) is 14.9 Å². The molecule has 0 heterocycles. The van der Waals surface area contributed by atoms with E-state index in [4.69, 9.17) is 10.8 Å². The Balaban J connectivity index is 2.60. The number of hydrogen-bond acceptors (Lipinski definition) is 1. The van der Waals surface area contributed by atoms with E-state index in [2.05, 4.69) is 45.9 Å². The van der Waals surface area contributed by atoms with Crippen LogP contribution >= 0.6 is 0 Å². The summed E-state index contributed by atoms with van der Waals surface area (Å²) in [6, 6.07) is 8.09. The Morgan fingerprint density at radius 2 is 1.83 bits per heavy atom. The highest BCUT2D eigenvalue weighted by Crippen LogP contribution is 2.36. The van der Waals surface area contributed by atoms with Crippen molar-refractivity contribution >= 4 is 8.32 Å². The van der Waals surface area contributed by atoms with Gasteiger partial charge in [-0.1, -0.05) is 44.9 Å². The Kier molecular flexibility index (Phi) is 4.78. The predicted octanol–water partition coefficient (Wildman–Crippen LogP) is 4.23. The van der Waals surface area contributed by atoms with Gasteiger partial charge in [0.05, 0.1) is 0 Å². The molecule has 0 bridgehead atoms. The van der Waals surface area contributed by atoms with Gasteiger partial charge in [0.15, 0.2) is 8.32 Å². The minimum atomic E-state index is -1.64. The maximum Gasteiger partial charge on any atom is 0.191 e. The first-order valence-corrected chi connectivity index (χ1v) is 9.37. The lowest BCUT2D eigenvalue weighted by Crippen LogP contribution is -2.41. The van der Waals surface area contributed by atoms with Gasteiger partial charge in [0, 0.05) is 12.2 Å². The molecular formula is C16H24OSi. The summed E-state index contributed by atoms with van der Waals surface area (Å²) in [5, 5.41) is 0.263. The van der Waals surface area contributed by atoms with Crippen molar-refractivity contribution in [2.45, 2.75) is 45.3 Å². The van der Waals surface area contributed by atoms with Crippen LogP contribution in [0.4, 0.5) is 0 Å². The van der Waals surface area contributed by atoms with Crippen LogP contribution in [0.1, 0.15) is 31.9 Å². The average molecular weight is 260 g/mol. The summed E-state index contributed by atoms with van der Waals surface area (Å²) in [4.78, 5) is 0. The summed E-state index contributed by atoms with van der Waals surface area (Å²) >= 11 is 0. The Morgan fingerprint density at radius 3 is 2.39 bits per heavy atom. The van der Waals surface area contributed by atoms with Crippen molar-refractivity contribution in [1.29, 1.82) is 0 Å². The van der Waals surface area contributed by atoms with Crippen molar-refractivity contribution in [3.63, 3.8) is 0 Å². The van der Waals surface area contributed by atoms with Gasteiger partial charge in [-0.05, 0) is 36.2 Å². The molecule has 1 aromatic rings. The molecule has 0 saturated heterocycles. The molecule has 0 saturated carbocycles. The molecule has 18 heavy (non-hydrogen) atoms. The number of benzene rings is 1. The van der Waals surface area contributed by atoms with E-state index in [-0.39, 0.29) is 5.04 Å². The molecule has 0 aliphatic rings. The zero-order valence-electron chi connectivity index (χ0n) is 12.2. The molecule has 0 fully saturated rings. The standard InChI is InChI=1S/C16H24OSi/c1-7-14-10-8-9-11-15(14)12-13-17-18(5,6)16(2,3)4/h1,8-11H,12-13H2,2-6H3. The van der Waals surface area contributed by atoms with Crippen LogP contribution in [0.5, 0.6) is 0 Å². The molecule has 0 aromatic heterocycles. The second-order valence-electron chi connectivity index (χ2n) is 6.16. The molecule has 1 rings (SSSR count). The summed E-state index contributed by atoms with van der Waals surface area (Å²) in [5.41, 5.74) is 2.19. The van der Waals surface area contributed by atoms with Crippen LogP contribution < -0.4 is 0 Å². The molecule has 0 N–H and O–H groups in total. The highest BCUT2D eigenvalue weighted by Gasteiger charge is 2.36. The fourth-order valence-corrected chi connectivity index (χ4v) is 2.56. The van der Waals surface area contributed by atoms with E-state index in [0.29, 0.717) is 0 Å². The van der Waals surface area contributed by atoms with Crippen LogP contribution in [0.15, 0.2) is 24.3 Å². The molecule has 2 heteroatoms. The molecule has 0 unspecified atom stereocenters. The van der Waals surface area contributed by atoms with Gasteiger partial charge in [-0.25, -0.2) is 0 Å². The van der Waals surface area contributed by atoms with Crippen LogP contribution in [0.2, 0.25) is 18.1 Å². The normalized spacial score (nSPS) is 12.2. The number of rotatable bonds is 4. The van der Waals surface area contributed by atoms with Crippen LogP contribution in [-0.2, 0) is 10.8 Å². The highest BCUT2D eigenvalue weighted by molar-refractivity contribution is 6.74. The third-order valence-corrected chi connectivity index (χ3v) is 8.35. The average Bonchev–Trinajstić information content (AvgIpc) is 2.28. The molecule has 98 valence electrons. The second-order valence-corrected chi connectivity index (χ2v) is 11.0. The van der Waals surface area contributed by atoms with Crippen LogP contribution in [0.3, 0.4) is 0 Å². The van der Waals surface area contributed by atoms with Crippen molar-refractivity contribution in [1.82, 2.24) is 0 Å². The zero-order chi connectivity index (χ0) is 13.8. The lowest BCUT2D eigenvalue weighted by Gasteiger charge is -2.36. The second kappa shape index (κ2) is 5.73. The first-order valence-electron chi connectivity index (χ1n) is 6.46. The van der Waals surface area contributed by atoms with Crippen LogP contribution in [0, 0.1) is 12.3 Å². The Morgan fingerprint density at radius 1 is 1.22 bits per heavy atom. The van der Waals surface area contributed by atoms with Crippen molar-refractivity contribution in [2.24, 2.45) is 0 Å². The molecule has 1 nitrogen and oxygen atoms in total. The smallest absolute Gasteiger partial charge is 0.191 e. The first kappa shape index (κ1) is 15.0. The largest absolute Gasteiger partial charge is 0.416 e. The third-order valence-electron chi connectivity index (χ3n) is 3.81. The lowest BCUT2D eigenvalue weighted by molar-refractivity contribution is 0.292. The summed E-state index contributed by atoms with van der Waals surface area (Å²) in [5.74, 6) is 2.73. The molecule has 0 aliphatic heterocycles. The maximum absolute atomic E-state index is 6.17. The highest BCUT2D eigenvalue weighted by atomic mass is 28.4. The van der Waals surface area contributed by atoms with E-state index < -0.39 is 8.32 Å². The number of hydrogen-bond donors (Lipinski definition) is 0. The van der Waals surface area contributed by atoms with E-state index in [1.807, 2.05) is 18.2 Å². The number of terminal acetylenes is 1. The van der Waals surface area contributed by atoms with Crippen molar-refractivity contribution in [3.05, 3.63) is 35.4 Å². The van der Waals surface area contributed by atoms with E-state index >= 15 is 0 Å². The minimum absolute atomic E-state index is 0.263. The van der Waals surface area contributed by atoms with Gasteiger partial charge < -0.3 is 4.43 Å². The fraction of sp³-hybridized carbons (Fsp3) is 0.500. The van der Waals surface area contributed by atoms with Gasteiger partial charge in [-0.15, -0.1) is 6.42 Å². The zero-order valence-corrected chi connectivity index (χ0v) is 13.2. The van der Waals surface area contributed by atoms with Crippen LogP contribution in [0.25, 0.3) is 0 Å². The molecular weight excluding hydrogens is 236 g/mol.